The predicted molar refractivity (Wildman–Crippen MR) is 152 cm³/mol. The van der Waals surface area contributed by atoms with Gasteiger partial charge in [0.1, 0.15) is 11.7 Å². The Morgan fingerprint density at radius 1 is 0.649 bits per heavy atom. The molecule has 37 heavy (non-hydrogen) atoms. The van der Waals surface area contributed by atoms with Crippen LogP contribution in [-0.4, -0.2) is 36.4 Å². The van der Waals surface area contributed by atoms with Crippen LogP contribution in [0.1, 0.15) is 28.3 Å². The molecule has 1 saturated heterocycles. The van der Waals surface area contributed by atoms with Gasteiger partial charge in [-0.1, -0.05) is 97.1 Å². The number of nitrogens with one attached hydrogen (secondary N) is 1. The van der Waals surface area contributed by atoms with Gasteiger partial charge in [0.05, 0.1) is 26.2 Å². The van der Waals surface area contributed by atoms with Gasteiger partial charge < -0.3 is 9.80 Å². The van der Waals surface area contributed by atoms with Crippen molar-refractivity contribution in [2.75, 3.05) is 31.1 Å². The number of fused-ring (bicyclic) bond motifs is 1. The van der Waals surface area contributed by atoms with Crippen molar-refractivity contribution in [1.29, 1.82) is 0 Å². The molecule has 0 radical (unpaired) electrons. The van der Waals surface area contributed by atoms with E-state index in [2.05, 4.69) is 122 Å². The first-order valence-electron chi connectivity index (χ1n) is 13.2. The van der Waals surface area contributed by atoms with E-state index in [1.807, 2.05) is 0 Å². The molecule has 6 rings (SSSR count). The molecule has 5 aromatic rings. The molecule has 0 aliphatic carbocycles. The molecular weight excluding hydrogens is 452 g/mol. The monoisotopic (exact) mass is 485 g/mol. The molecule has 0 saturated carbocycles. The number of quaternary nitrogens is 1. The van der Waals surface area contributed by atoms with Crippen LogP contribution in [0.15, 0.2) is 103 Å². The quantitative estimate of drug-likeness (QED) is 0.362. The van der Waals surface area contributed by atoms with Gasteiger partial charge in [0, 0.05) is 27.5 Å². The van der Waals surface area contributed by atoms with Crippen molar-refractivity contribution in [3.05, 3.63) is 125 Å². The van der Waals surface area contributed by atoms with E-state index in [0.29, 0.717) is 6.04 Å². The average molecular weight is 486 g/mol. The van der Waals surface area contributed by atoms with Crippen LogP contribution >= 0.6 is 0 Å². The average Bonchev–Trinajstić information content (AvgIpc) is 2.96. The number of benzene rings is 4. The summed E-state index contributed by atoms with van der Waals surface area (Å²) in [7, 11) is 0. The maximum atomic E-state index is 4.81. The van der Waals surface area contributed by atoms with Crippen LogP contribution in [0, 0.1) is 13.8 Å². The molecule has 1 aliphatic heterocycles. The first kappa shape index (κ1) is 23.4. The zero-order valence-electron chi connectivity index (χ0n) is 21.6. The second-order valence-corrected chi connectivity index (χ2v) is 10.1. The van der Waals surface area contributed by atoms with Gasteiger partial charge in [0.15, 0.2) is 5.82 Å². The maximum absolute atomic E-state index is 4.81. The molecule has 0 amide bonds. The van der Waals surface area contributed by atoms with Gasteiger partial charge in [-0.05, 0) is 31.0 Å². The Labute approximate surface area is 219 Å². The van der Waals surface area contributed by atoms with Gasteiger partial charge in [-0.25, -0.2) is 0 Å². The first-order valence-corrected chi connectivity index (χ1v) is 13.2. The summed E-state index contributed by atoms with van der Waals surface area (Å²) in [6.07, 6.45) is 0. The van der Waals surface area contributed by atoms with Gasteiger partial charge in [0.25, 0.3) is 0 Å². The van der Waals surface area contributed by atoms with Gasteiger partial charge in [0.2, 0.25) is 0 Å². The fourth-order valence-electron chi connectivity index (χ4n) is 5.67. The third kappa shape index (κ3) is 4.61. The highest BCUT2D eigenvalue weighted by Gasteiger charge is 2.31. The molecule has 4 aromatic carbocycles. The Balaban J connectivity index is 1.29. The summed E-state index contributed by atoms with van der Waals surface area (Å²) in [4.78, 5) is 4.02. The molecule has 0 unspecified atom stereocenters. The summed E-state index contributed by atoms with van der Waals surface area (Å²) >= 11 is 0. The Hall–Kier alpha value is -4.02. The van der Waals surface area contributed by atoms with Crippen molar-refractivity contribution in [3.63, 3.8) is 0 Å². The van der Waals surface area contributed by atoms with Crippen molar-refractivity contribution in [1.82, 2.24) is 10.2 Å². The molecule has 1 aliphatic rings. The maximum Gasteiger partial charge on any atom is 0.159 e. The molecular formula is C33H33N4+. The van der Waals surface area contributed by atoms with Gasteiger partial charge in [-0.15, -0.1) is 10.2 Å². The zero-order chi connectivity index (χ0) is 25.2. The van der Waals surface area contributed by atoms with E-state index in [0.717, 1.165) is 48.6 Å². The van der Waals surface area contributed by atoms with Crippen LogP contribution in [0.5, 0.6) is 0 Å². The summed E-state index contributed by atoms with van der Waals surface area (Å²) in [6, 6.07) is 37.4. The van der Waals surface area contributed by atoms with Crippen molar-refractivity contribution >= 4 is 16.6 Å². The second-order valence-electron chi connectivity index (χ2n) is 10.1. The number of hydrogen-bond donors (Lipinski definition) is 1. The van der Waals surface area contributed by atoms with Crippen molar-refractivity contribution in [2.24, 2.45) is 0 Å². The van der Waals surface area contributed by atoms with Crippen LogP contribution in [0.2, 0.25) is 0 Å². The largest absolute Gasteiger partial charge is 0.343 e. The number of aromatic nitrogens is 2. The lowest BCUT2D eigenvalue weighted by Gasteiger charge is -2.37. The third-order valence-corrected chi connectivity index (χ3v) is 7.83. The van der Waals surface area contributed by atoms with Crippen LogP contribution in [0.3, 0.4) is 0 Å². The summed E-state index contributed by atoms with van der Waals surface area (Å²) in [5.41, 5.74) is 7.40. The third-order valence-electron chi connectivity index (χ3n) is 7.83. The number of aryl methyl sites for hydroxylation is 2. The van der Waals surface area contributed by atoms with Gasteiger partial charge in [-0.2, -0.15) is 0 Å². The van der Waals surface area contributed by atoms with E-state index in [9.17, 15) is 0 Å². The SMILES string of the molecule is Cc1ccc(-c2nnc(N3CC[NH+](C(c4ccccc4)c4ccccc4)CC3)c3ccccc23)cc1C. The Morgan fingerprint density at radius 3 is 1.86 bits per heavy atom. The zero-order valence-corrected chi connectivity index (χ0v) is 21.6. The number of hydrogen-bond acceptors (Lipinski definition) is 3. The van der Waals surface area contributed by atoms with Crippen molar-refractivity contribution in [3.8, 4) is 11.3 Å². The lowest BCUT2D eigenvalue weighted by molar-refractivity contribution is -0.926. The highest BCUT2D eigenvalue weighted by atomic mass is 15.3. The van der Waals surface area contributed by atoms with E-state index in [4.69, 9.17) is 10.2 Å². The van der Waals surface area contributed by atoms with Gasteiger partial charge >= 0.3 is 0 Å². The molecule has 2 heterocycles. The van der Waals surface area contributed by atoms with Crippen molar-refractivity contribution < 1.29 is 4.90 Å². The normalized spacial score (nSPS) is 14.4. The van der Waals surface area contributed by atoms with E-state index in [1.165, 1.54) is 27.6 Å². The van der Waals surface area contributed by atoms with E-state index in [1.54, 1.807) is 4.90 Å². The molecule has 1 aromatic heterocycles. The molecule has 4 heteroatoms. The fraction of sp³-hybridized carbons (Fsp3) is 0.212. The number of anilines is 1. The van der Waals surface area contributed by atoms with Crippen LogP contribution in [0.25, 0.3) is 22.0 Å². The highest BCUT2D eigenvalue weighted by Crippen LogP contribution is 2.32. The summed E-state index contributed by atoms with van der Waals surface area (Å²) in [5, 5.41) is 11.9. The van der Waals surface area contributed by atoms with Crippen LogP contribution in [-0.2, 0) is 0 Å². The summed E-state index contributed by atoms with van der Waals surface area (Å²) < 4.78 is 0. The minimum absolute atomic E-state index is 0.333. The molecule has 4 nitrogen and oxygen atoms in total. The second kappa shape index (κ2) is 10.2. The molecule has 0 bridgehead atoms. The van der Waals surface area contributed by atoms with E-state index < -0.39 is 0 Å². The smallest absolute Gasteiger partial charge is 0.159 e. The summed E-state index contributed by atoms with van der Waals surface area (Å²) in [6.45, 7) is 8.30. The standard InChI is InChI=1S/C33H32N4/c1-24-17-18-28(23-25(24)2)31-29-15-9-10-16-30(29)33(35-34-31)37-21-19-36(20-22-37)32(26-11-5-3-6-12-26)27-13-7-4-8-14-27/h3-18,23,32H,19-22H2,1-2H3/p+1. The van der Waals surface area contributed by atoms with E-state index in [-0.39, 0.29) is 0 Å². The number of rotatable bonds is 5. The lowest BCUT2D eigenvalue weighted by Crippen LogP contribution is -3.15. The predicted octanol–water partition coefficient (Wildman–Crippen LogP) is 5.41. The van der Waals surface area contributed by atoms with Crippen LogP contribution in [0.4, 0.5) is 5.82 Å². The minimum atomic E-state index is 0.333. The molecule has 184 valence electrons. The molecule has 0 spiro atoms. The van der Waals surface area contributed by atoms with Crippen molar-refractivity contribution in [2.45, 2.75) is 19.9 Å². The summed E-state index contributed by atoms with van der Waals surface area (Å²) in [5.74, 6) is 0.998. The minimum Gasteiger partial charge on any atom is -0.343 e. The van der Waals surface area contributed by atoms with E-state index >= 15 is 0 Å². The Morgan fingerprint density at radius 2 is 1.24 bits per heavy atom. The lowest BCUT2D eigenvalue weighted by atomic mass is 9.96. The molecule has 1 N–H and O–H groups in total. The highest BCUT2D eigenvalue weighted by molar-refractivity contribution is 6.00. The first-order chi connectivity index (χ1) is 18.2. The number of nitrogens with zero attached hydrogens (tertiary/aromatic N) is 3. The Bertz CT molecular complexity index is 1470. The molecule has 1 fully saturated rings. The van der Waals surface area contributed by atoms with Gasteiger partial charge in [-0.3, -0.25) is 0 Å². The number of piperazine rings is 1. The van der Waals surface area contributed by atoms with Crippen LogP contribution < -0.4 is 9.80 Å². The Kier molecular flexibility index (Phi) is 6.42. The molecule has 0 atom stereocenters. The topological polar surface area (TPSA) is 33.5 Å². The fourth-order valence-corrected chi connectivity index (χ4v) is 5.67.